The molecule has 0 saturated carbocycles. The number of thiophene rings is 1. The fraction of sp³-hybridized carbons (Fsp3) is 0.250. The van der Waals surface area contributed by atoms with Crippen molar-refractivity contribution < 1.29 is 0 Å². The van der Waals surface area contributed by atoms with Crippen LogP contribution in [0, 0.1) is 0 Å². The van der Waals surface area contributed by atoms with Crippen LogP contribution in [-0.2, 0) is 5.41 Å². The predicted molar refractivity (Wildman–Crippen MR) is 80.3 cm³/mol. The summed E-state index contributed by atoms with van der Waals surface area (Å²) in [6.07, 6.45) is 2.01. The number of hydrogen-bond acceptors (Lipinski definition) is 1. The molecule has 92 valence electrons. The molecule has 2 heteroatoms. The first kappa shape index (κ1) is 11.5. The molecule has 3 aromatic rings. The molecule has 0 fully saturated rings. The lowest BCUT2D eigenvalue weighted by Crippen LogP contribution is -2.07. The molecule has 0 aliphatic rings. The van der Waals surface area contributed by atoms with Crippen molar-refractivity contribution in [2.45, 2.75) is 26.2 Å². The minimum atomic E-state index is 0.231. The minimum Gasteiger partial charge on any atom is -0.361 e. The molecule has 1 N–H and O–H groups in total. The van der Waals surface area contributed by atoms with Gasteiger partial charge in [-0.25, -0.2) is 0 Å². The Morgan fingerprint density at radius 1 is 1.00 bits per heavy atom. The van der Waals surface area contributed by atoms with Gasteiger partial charge in [0, 0.05) is 32.4 Å². The lowest BCUT2D eigenvalue weighted by molar-refractivity contribution is 0.604. The van der Waals surface area contributed by atoms with Crippen molar-refractivity contribution in [3.63, 3.8) is 0 Å². The molecule has 0 saturated heterocycles. The highest BCUT2D eigenvalue weighted by molar-refractivity contribution is 7.15. The van der Waals surface area contributed by atoms with E-state index in [0.717, 1.165) is 0 Å². The fourth-order valence-corrected chi connectivity index (χ4v) is 3.29. The average molecular weight is 255 g/mol. The summed E-state index contributed by atoms with van der Waals surface area (Å²) in [7, 11) is 0. The van der Waals surface area contributed by atoms with Crippen molar-refractivity contribution in [1.82, 2.24) is 4.98 Å². The molecule has 2 heterocycles. The van der Waals surface area contributed by atoms with E-state index in [-0.39, 0.29) is 5.41 Å². The van der Waals surface area contributed by atoms with E-state index in [1.807, 2.05) is 17.5 Å². The van der Waals surface area contributed by atoms with Crippen LogP contribution >= 0.6 is 11.3 Å². The highest BCUT2D eigenvalue weighted by atomic mass is 32.1. The van der Waals surface area contributed by atoms with Crippen LogP contribution in [-0.4, -0.2) is 4.98 Å². The summed E-state index contributed by atoms with van der Waals surface area (Å²) in [5, 5.41) is 1.31. The zero-order valence-corrected chi connectivity index (χ0v) is 11.8. The third-order valence-electron chi connectivity index (χ3n) is 3.21. The van der Waals surface area contributed by atoms with E-state index in [1.54, 1.807) is 0 Å². The Morgan fingerprint density at radius 3 is 2.56 bits per heavy atom. The number of benzene rings is 1. The molecule has 1 aromatic carbocycles. The van der Waals surface area contributed by atoms with E-state index < -0.39 is 0 Å². The molecular formula is C16H17NS. The van der Waals surface area contributed by atoms with Gasteiger partial charge in [-0.05, 0) is 29.7 Å². The maximum absolute atomic E-state index is 3.27. The van der Waals surface area contributed by atoms with Gasteiger partial charge in [-0.3, -0.25) is 0 Å². The van der Waals surface area contributed by atoms with Gasteiger partial charge in [0.1, 0.15) is 0 Å². The van der Waals surface area contributed by atoms with E-state index in [0.29, 0.717) is 0 Å². The van der Waals surface area contributed by atoms with Crippen LogP contribution in [0.25, 0.3) is 21.3 Å². The highest BCUT2D eigenvalue weighted by Crippen LogP contribution is 2.37. The number of H-pyrrole nitrogens is 1. The van der Waals surface area contributed by atoms with Crippen molar-refractivity contribution in [2.24, 2.45) is 0 Å². The molecule has 18 heavy (non-hydrogen) atoms. The average Bonchev–Trinajstić information content (AvgIpc) is 2.96. The zero-order valence-electron chi connectivity index (χ0n) is 10.9. The lowest BCUT2D eigenvalue weighted by Gasteiger charge is -2.15. The smallest absolute Gasteiger partial charge is 0.0460 e. The van der Waals surface area contributed by atoms with Gasteiger partial charge >= 0.3 is 0 Å². The van der Waals surface area contributed by atoms with Gasteiger partial charge in [0.15, 0.2) is 0 Å². The summed E-state index contributed by atoms with van der Waals surface area (Å²) in [6.45, 7) is 6.79. The first-order valence-electron chi connectivity index (χ1n) is 6.22. The van der Waals surface area contributed by atoms with Gasteiger partial charge in [-0.2, -0.15) is 0 Å². The van der Waals surface area contributed by atoms with Crippen LogP contribution in [0.2, 0.25) is 0 Å². The van der Waals surface area contributed by atoms with Crippen LogP contribution < -0.4 is 0 Å². The second kappa shape index (κ2) is 3.99. The molecule has 0 atom stereocenters. The Morgan fingerprint density at radius 2 is 1.83 bits per heavy atom. The molecule has 0 unspecified atom stereocenters. The van der Waals surface area contributed by atoms with Crippen molar-refractivity contribution in [3.8, 4) is 10.4 Å². The lowest BCUT2D eigenvalue weighted by atomic mass is 9.95. The number of fused-ring (bicyclic) bond motifs is 1. The first-order chi connectivity index (χ1) is 8.55. The number of aromatic nitrogens is 1. The summed E-state index contributed by atoms with van der Waals surface area (Å²) < 4.78 is 0. The second-order valence-electron chi connectivity index (χ2n) is 5.66. The second-order valence-corrected chi connectivity index (χ2v) is 6.74. The maximum Gasteiger partial charge on any atom is 0.0460 e. The molecule has 2 aromatic heterocycles. The van der Waals surface area contributed by atoms with E-state index in [4.69, 9.17) is 0 Å². The molecule has 0 amide bonds. The summed E-state index contributed by atoms with van der Waals surface area (Å²) in [5.74, 6) is 0. The highest BCUT2D eigenvalue weighted by Gasteiger charge is 2.17. The molecule has 1 nitrogen and oxygen atoms in total. The van der Waals surface area contributed by atoms with E-state index in [9.17, 15) is 0 Å². The van der Waals surface area contributed by atoms with Crippen LogP contribution in [0.1, 0.15) is 25.6 Å². The van der Waals surface area contributed by atoms with Gasteiger partial charge in [0.25, 0.3) is 0 Å². The standard InChI is InChI=1S/C16H17NS/c1-16(2,3)15-8-7-14(18-15)12-5-4-6-13-11(12)9-10-17-13/h4-10,17H,1-3H3. The number of nitrogens with one attached hydrogen (secondary N) is 1. The molecule has 0 bridgehead atoms. The number of rotatable bonds is 1. The Labute approximate surface area is 111 Å². The Hall–Kier alpha value is -1.54. The van der Waals surface area contributed by atoms with Crippen LogP contribution in [0.15, 0.2) is 42.6 Å². The largest absolute Gasteiger partial charge is 0.361 e. The Bertz CT molecular complexity index is 682. The number of aromatic amines is 1. The molecular weight excluding hydrogens is 238 g/mol. The maximum atomic E-state index is 3.27. The van der Waals surface area contributed by atoms with Crippen molar-refractivity contribution in [2.75, 3.05) is 0 Å². The van der Waals surface area contributed by atoms with E-state index in [2.05, 4.69) is 62.2 Å². The minimum absolute atomic E-state index is 0.231. The first-order valence-corrected chi connectivity index (χ1v) is 7.04. The normalized spacial score (nSPS) is 12.2. The van der Waals surface area contributed by atoms with Gasteiger partial charge in [-0.15, -0.1) is 11.3 Å². The van der Waals surface area contributed by atoms with Crippen LogP contribution in [0.5, 0.6) is 0 Å². The zero-order chi connectivity index (χ0) is 12.8. The van der Waals surface area contributed by atoms with Crippen LogP contribution in [0.3, 0.4) is 0 Å². The van der Waals surface area contributed by atoms with Gasteiger partial charge in [-0.1, -0.05) is 32.9 Å². The molecule has 0 radical (unpaired) electrons. The Kier molecular flexibility index (Phi) is 2.56. The van der Waals surface area contributed by atoms with Gasteiger partial charge in [0.05, 0.1) is 0 Å². The summed E-state index contributed by atoms with van der Waals surface area (Å²) in [6, 6.07) is 13.1. The van der Waals surface area contributed by atoms with Crippen molar-refractivity contribution in [3.05, 3.63) is 47.5 Å². The number of hydrogen-bond donors (Lipinski definition) is 1. The quantitative estimate of drug-likeness (QED) is 0.615. The monoisotopic (exact) mass is 255 g/mol. The van der Waals surface area contributed by atoms with E-state index >= 15 is 0 Å². The molecule has 0 spiro atoms. The third kappa shape index (κ3) is 1.87. The van der Waals surface area contributed by atoms with E-state index in [1.165, 1.54) is 26.2 Å². The van der Waals surface area contributed by atoms with Crippen molar-refractivity contribution >= 4 is 22.2 Å². The summed E-state index contributed by atoms with van der Waals surface area (Å²) in [5.41, 5.74) is 2.77. The van der Waals surface area contributed by atoms with Gasteiger partial charge < -0.3 is 4.98 Å². The molecule has 0 aliphatic heterocycles. The van der Waals surface area contributed by atoms with Crippen LogP contribution in [0.4, 0.5) is 0 Å². The SMILES string of the molecule is CC(C)(C)c1ccc(-c2cccc3[nH]ccc23)s1. The Balaban J connectivity index is 2.15. The van der Waals surface area contributed by atoms with Crippen molar-refractivity contribution in [1.29, 1.82) is 0 Å². The fourth-order valence-electron chi connectivity index (χ4n) is 2.19. The predicted octanol–water partition coefficient (Wildman–Crippen LogP) is 5.19. The topological polar surface area (TPSA) is 15.8 Å². The summed E-state index contributed by atoms with van der Waals surface area (Å²) >= 11 is 1.90. The molecule has 0 aliphatic carbocycles. The summed E-state index contributed by atoms with van der Waals surface area (Å²) in [4.78, 5) is 6.06. The molecule has 3 rings (SSSR count). The third-order valence-corrected chi connectivity index (χ3v) is 4.75. The van der Waals surface area contributed by atoms with Gasteiger partial charge in [0.2, 0.25) is 0 Å².